The highest BCUT2D eigenvalue weighted by molar-refractivity contribution is 5.90. The van der Waals surface area contributed by atoms with E-state index in [0.29, 0.717) is 11.9 Å². The zero-order chi connectivity index (χ0) is 14.1. The summed E-state index contributed by atoms with van der Waals surface area (Å²) in [7, 11) is 0. The van der Waals surface area contributed by atoms with Crippen molar-refractivity contribution in [3.8, 4) is 0 Å². The van der Waals surface area contributed by atoms with Crippen LogP contribution in [0.4, 0.5) is 5.69 Å². The second-order valence-electron chi connectivity index (χ2n) is 5.36. The van der Waals surface area contributed by atoms with Gasteiger partial charge in [0.25, 0.3) is 5.69 Å². The summed E-state index contributed by atoms with van der Waals surface area (Å²) in [4.78, 5) is 22.8. The molecule has 0 radical (unpaired) electrons. The maximum absolute atomic E-state index is 12.2. The van der Waals surface area contributed by atoms with Gasteiger partial charge in [-0.25, -0.2) is 0 Å². The van der Waals surface area contributed by atoms with Crippen molar-refractivity contribution in [1.82, 2.24) is 4.57 Å². The Kier molecular flexibility index (Phi) is 3.26. The van der Waals surface area contributed by atoms with Crippen LogP contribution in [0.1, 0.15) is 25.7 Å². The van der Waals surface area contributed by atoms with Gasteiger partial charge in [0, 0.05) is 18.2 Å². The van der Waals surface area contributed by atoms with Crippen LogP contribution in [0.25, 0.3) is 10.9 Å². The lowest BCUT2D eigenvalue weighted by Gasteiger charge is -2.09. The lowest BCUT2D eigenvalue weighted by atomic mass is 10.0. The molecule has 0 amide bonds. The zero-order valence-corrected chi connectivity index (χ0v) is 11.1. The number of rotatable bonds is 4. The number of aromatic nitrogens is 1. The molecule has 104 valence electrons. The van der Waals surface area contributed by atoms with Gasteiger partial charge in [0.05, 0.1) is 22.4 Å². The summed E-state index contributed by atoms with van der Waals surface area (Å²) in [6, 6.07) is 6.70. The Labute approximate surface area is 116 Å². The van der Waals surface area contributed by atoms with E-state index in [9.17, 15) is 14.9 Å². The Hall–Kier alpha value is -2.17. The predicted molar refractivity (Wildman–Crippen MR) is 75.6 cm³/mol. The van der Waals surface area contributed by atoms with Gasteiger partial charge in [-0.15, -0.1) is 0 Å². The summed E-state index contributed by atoms with van der Waals surface area (Å²) >= 11 is 0. The second kappa shape index (κ2) is 5.07. The molecule has 1 aromatic heterocycles. The quantitative estimate of drug-likeness (QED) is 0.633. The van der Waals surface area contributed by atoms with Crippen molar-refractivity contribution in [3.63, 3.8) is 0 Å². The van der Waals surface area contributed by atoms with Crippen molar-refractivity contribution < 1.29 is 9.72 Å². The molecular formula is C15H16N2O3. The molecule has 0 aliphatic heterocycles. The van der Waals surface area contributed by atoms with Crippen LogP contribution in [-0.2, 0) is 11.3 Å². The van der Waals surface area contributed by atoms with E-state index in [2.05, 4.69) is 0 Å². The van der Waals surface area contributed by atoms with Crippen molar-refractivity contribution in [2.24, 2.45) is 5.92 Å². The number of ketones is 1. The topological polar surface area (TPSA) is 65.1 Å². The number of Topliss-reactive ketones (excluding diaryl/α,β-unsaturated/α-hetero) is 1. The van der Waals surface area contributed by atoms with E-state index < -0.39 is 0 Å². The first-order valence-electron chi connectivity index (χ1n) is 6.92. The molecule has 0 bridgehead atoms. The van der Waals surface area contributed by atoms with Crippen molar-refractivity contribution in [2.75, 3.05) is 0 Å². The first kappa shape index (κ1) is 12.8. The molecule has 5 nitrogen and oxygen atoms in total. The van der Waals surface area contributed by atoms with Crippen molar-refractivity contribution in [1.29, 1.82) is 0 Å². The smallest absolute Gasteiger partial charge is 0.278 e. The average Bonchev–Trinajstić information content (AvgIpc) is 3.08. The summed E-state index contributed by atoms with van der Waals surface area (Å²) in [5, 5.41) is 11.6. The molecule has 0 unspecified atom stereocenters. The van der Waals surface area contributed by atoms with E-state index in [1.165, 1.54) is 6.07 Å². The second-order valence-corrected chi connectivity index (χ2v) is 5.36. The molecule has 1 aromatic carbocycles. The number of carbonyl (C=O) groups excluding carboxylic acids is 1. The number of fused-ring (bicyclic) bond motifs is 1. The van der Waals surface area contributed by atoms with Crippen molar-refractivity contribution in [3.05, 3.63) is 40.6 Å². The van der Waals surface area contributed by atoms with Gasteiger partial charge >= 0.3 is 0 Å². The fraction of sp³-hybridized carbons (Fsp3) is 0.400. The molecule has 0 saturated heterocycles. The normalized spacial score (nSPS) is 15.8. The maximum atomic E-state index is 12.2. The van der Waals surface area contributed by atoms with Gasteiger partial charge in [0.2, 0.25) is 0 Å². The van der Waals surface area contributed by atoms with Crippen LogP contribution in [-0.4, -0.2) is 15.3 Å². The summed E-state index contributed by atoms with van der Waals surface area (Å²) < 4.78 is 1.82. The SMILES string of the molecule is O=C(Cn1ccc2c([N+](=O)[O-])cccc21)C1CCCC1. The van der Waals surface area contributed by atoms with Crippen LogP contribution < -0.4 is 0 Å². The maximum Gasteiger partial charge on any atom is 0.278 e. The minimum Gasteiger partial charge on any atom is -0.340 e. The molecule has 0 atom stereocenters. The Morgan fingerprint density at radius 1 is 1.30 bits per heavy atom. The summed E-state index contributed by atoms with van der Waals surface area (Å²) in [5.74, 6) is 0.414. The molecule has 5 heteroatoms. The molecule has 1 fully saturated rings. The van der Waals surface area contributed by atoms with Gasteiger partial charge in [-0.3, -0.25) is 14.9 Å². The number of hydrogen-bond acceptors (Lipinski definition) is 3. The van der Waals surface area contributed by atoms with Gasteiger partial charge in [-0.05, 0) is 25.0 Å². The number of hydrogen-bond donors (Lipinski definition) is 0. The van der Waals surface area contributed by atoms with E-state index in [1.807, 2.05) is 10.6 Å². The number of benzene rings is 1. The fourth-order valence-corrected chi connectivity index (χ4v) is 3.05. The minimum absolute atomic E-state index is 0.0922. The summed E-state index contributed by atoms with van der Waals surface area (Å²) in [6.45, 7) is 0.315. The molecule has 2 aromatic rings. The highest BCUT2D eigenvalue weighted by atomic mass is 16.6. The predicted octanol–water partition coefficient (Wildman–Crippen LogP) is 3.31. The highest BCUT2D eigenvalue weighted by Crippen LogP contribution is 2.29. The molecule has 1 aliphatic rings. The third-order valence-corrected chi connectivity index (χ3v) is 4.12. The number of carbonyl (C=O) groups is 1. The third-order valence-electron chi connectivity index (χ3n) is 4.12. The lowest BCUT2D eigenvalue weighted by molar-refractivity contribution is -0.383. The third kappa shape index (κ3) is 2.19. The monoisotopic (exact) mass is 272 g/mol. The largest absolute Gasteiger partial charge is 0.340 e. The van der Waals surface area contributed by atoms with Crippen molar-refractivity contribution in [2.45, 2.75) is 32.2 Å². The van der Waals surface area contributed by atoms with Gasteiger partial charge < -0.3 is 4.57 Å². The van der Waals surface area contributed by atoms with E-state index in [4.69, 9.17) is 0 Å². The van der Waals surface area contributed by atoms with Gasteiger partial charge in [0.15, 0.2) is 5.78 Å². The Bertz CT molecular complexity index is 669. The lowest BCUT2D eigenvalue weighted by Crippen LogP contribution is -2.17. The molecule has 1 aliphatic carbocycles. The molecule has 20 heavy (non-hydrogen) atoms. The van der Waals surface area contributed by atoms with Crippen LogP contribution in [0.3, 0.4) is 0 Å². The first-order valence-corrected chi connectivity index (χ1v) is 6.92. The molecule has 1 heterocycles. The molecule has 3 rings (SSSR count). The molecular weight excluding hydrogens is 256 g/mol. The van der Waals surface area contributed by atoms with E-state index in [0.717, 1.165) is 31.2 Å². The average molecular weight is 272 g/mol. The molecule has 1 saturated carbocycles. The highest BCUT2D eigenvalue weighted by Gasteiger charge is 2.23. The number of nitro benzene ring substituents is 1. The summed E-state index contributed by atoms with van der Waals surface area (Å²) in [5.41, 5.74) is 0.847. The minimum atomic E-state index is -0.383. The standard InChI is InChI=1S/C15H16N2O3/c18-15(11-4-1-2-5-11)10-16-9-8-12-13(16)6-3-7-14(12)17(19)20/h3,6-9,11H,1-2,4-5,10H2. The summed E-state index contributed by atoms with van der Waals surface area (Å²) in [6.07, 6.45) is 6.00. The number of nitrogens with zero attached hydrogens (tertiary/aromatic N) is 2. The van der Waals surface area contributed by atoms with Crippen LogP contribution in [0.2, 0.25) is 0 Å². The van der Waals surface area contributed by atoms with Crippen molar-refractivity contribution >= 4 is 22.4 Å². The van der Waals surface area contributed by atoms with Crippen LogP contribution in [0.15, 0.2) is 30.5 Å². The first-order chi connectivity index (χ1) is 9.66. The van der Waals surface area contributed by atoms with Gasteiger partial charge in [-0.1, -0.05) is 18.9 Å². The zero-order valence-electron chi connectivity index (χ0n) is 11.1. The van der Waals surface area contributed by atoms with E-state index in [-0.39, 0.29) is 22.3 Å². The molecule has 0 spiro atoms. The van der Waals surface area contributed by atoms with E-state index in [1.54, 1.807) is 18.3 Å². The van der Waals surface area contributed by atoms with E-state index >= 15 is 0 Å². The molecule has 0 N–H and O–H groups in total. The van der Waals surface area contributed by atoms with Gasteiger partial charge in [0.1, 0.15) is 0 Å². The Morgan fingerprint density at radius 3 is 2.75 bits per heavy atom. The van der Waals surface area contributed by atoms with Gasteiger partial charge in [-0.2, -0.15) is 0 Å². The number of non-ortho nitro benzene ring substituents is 1. The fourth-order valence-electron chi connectivity index (χ4n) is 3.05. The Balaban J connectivity index is 1.91. The van der Waals surface area contributed by atoms with Crippen LogP contribution >= 0.6 is 0 Å². The van der Waals surface area contributed by atoms with Crippen LogP contribution in [0.5, 0.6) is 0 Å². The Morgan fingerprint density at radius 2 is 2.05 bits per heavy atom. The number of nitro groups is 1. The van der Waals surface area contributed by atoms with Crippen LogP contribution in [0, 0.1) is 16.0 Å².